The third-order valence-corrected chi connectivity index (χ3v) is 4.40. The molecule has 1 atom stereocenters. The van der Waals surface area contributed by atoms with Crippen LogP contribution in [0.2, 0.25) is 0 Å². The maximum Gasteiger partial charge on any atom is 0.416 e. The number of amides is 1. The van der Waals surface area contributed by atoms with E-state index < -0.39 is 17.8 Å². The average Bonchev–Trinajstić information content (AvgIpc) is 3.44. The number of carbonyl (C=O) groups excluding carboxylic acids is 1. The second-order valence-electron chi connectivity index (χ2n) is 6.31. The van der Waals surface area contributed by atoms with Gasteiger partial charge in [-0.3, -0.25) is 4.79 Å². The second kappa shape index (κ2) is 6.88. The number of nitrogens with two attached hydrogens (primary N) is 1. The van der Waals surface area contributed by atoms with Gasteiger partial charge in [0.1, 0.15) is 0 Å². The summed E-state index contributed by atoms with van der Waals surface area (Å²) in [5, 5.41) is 2.89. The third-order valence-electron chi connectivity index (χ3n) is 4.40. The Morgan fingerprint density at radius 1 is 1.16 bits per heavy atom. The van der Waals surface area contributed by atoms with Crippen LogP contribution in [-0.4, -0.2) is 5.91 Å². The highest BCUT2D eigenvalue weighted by Gasteiger charge is 2.36. The molecule has 0 saturated heterocycles. The molecule has 1 aliphatic carbocycles. The van der Waals surface area contributed by atoms with Crippen LogP contribution >= 0.6 is 0 Å². The van der Waals surface area contributed by atoms with E-state index in [1.807, 2.05) is 0 Å². The topological polar surface area (TPSA) is 55.1 Å². The van der Waals surface area contributed by atoms with Crippen molar-refractivity contribution in [3.05, 3.63) is 70.8 Å². The second-order valence-corrected chi connectivity index (χ2v) is 6.31. The molecule has 0 aromatic heterocycles. The number of nitrogens with one attached hydrogen (secondary N) is 1. The Labute approximate surface area is 144 Å². The minimum absolute atomic E-state index is 0.177. The van der Waals surface area contributed by atoms with Crippen LogP contribution in [0.15, 0.2) is 48.5 Å². The molecular formula is C19H19F3N2O. The molecule has 1 amide bonds. The molecule has 25 heavy (non-hydrogen) atoms. The predicted octanol–water partition coefficient (Wildman–Crippen LogP) is 4.05. The largest absolute Gasteiger partial charge is 0.416 e. The molecule has 1 aliphatic rings. The van der Waals surface area contributed by atoms with E-state index in [0.717, 1.165) is 30.5 Å². The SMILES string of the molecule is NCc1ccc(C(=O)NC(c2cccc(C(F)(F)F)c2)C2CC2)cc1. The van der Waals surface area contributed by atoms with Gasteiger partial charge in [0.15, 0.2) is 0 Å². The lowest BCUT2D eigenvalue weighted by Crippen LogP contribution is -2.30. The van der Waals surface area contributed by atoms with Gasteiger partial charge in [-0.05, 0) is 54.2 Å². The summed E-state index contributed by atoms with van der Waals surface area (Å²) in [6.07, 6.45) is -2.60. The molecule has 0 spiro atoms. The Kier molecular flexibility index (Phi) is 4.81. The number of hydrogen-bond donors (Lipinski definition) is 2. The predicted molar refractivity (Wildman–Crippen MR) is 88.7 cm³/mol. The monoisotopic (exact) mass is 348 g/mol. The lowest BCUT2D eigenvalue weighted by Gasteiger charge is -2.20. The third kappa shape index (κ3) is 4.20. The quantitative estimate of drug-likeness (QED) is 0.857. The summed E-state index contributed by atoms with van der Waals surface area (Å²) in [6, 6.07) is 11.7. The van der Waals surface area contributed by atoms with Crippen LogP contribution in [0.1, 0.15) is 45.9 Å². The zero-order chi connectivity index (χ0) is 18.0. The molecule has 3 nitrogen and oxygen atoms in total. The first-order valence-corrected chi connectivity index (χ1v) is 8.15. The fourth-order valence-corrected chi connectivity index (χ4v) is 2.83. The summed E-state index contributed by atoms with van der Waals surface area (Å²) in [4.78, 5) is 12.5. The molecular weight excluding hydrogens is 329 g/mol. The summed E-state index contributed by atoms with van der Waals surface area (Å²) in [5.74, 6) is -0.117. The minimum Gasteiger partial charge on any atom is -0.345 e. The van der Waals surface area contributed by atoms with Crippen molar-refractivity contribution in [3.63, 3.8) is 0 Å². The van der Waals surface area contributed by atoms with E-state index in [0.29, 0.717) is 17.7 Å². The normalized spacial score (nSPS) is 15.7. The van der Waals surface area contributed by atoms with Crippen molar-refractivity contribution in [1.29, 1.82) is 0 Å². The molecule has 0 radical (unpaired) electrons. The Hall–Kier alpha value is -2.34. The van der Waals surface area contributed by atoms with Crippen LogP contribution in [0.3, 0.4) is 0 Å². The van der Waals surface area contributed by atoms with Gasteiger partial charge in [0.05, 0.1) is 11.6 Å². The van der Waals surface area contributed by atoms with Crippen molar-refractivity contribution in [2.75, 3.05) is 0 Å². The van der Waals surface area contributed by atoms with Gasteiger partial charge in [0, 0.05) is 12.1 Å². The first-order chi connectivity index (χ1) is 11.9. The highest BCUT2D eigenvalue weighted by molar-refractivity contribution is 5.94. The summed E-state index contributed by atoms with van der Waals surface area (Å²) >= 11 is 0. The van der Waals surface area contributed by atoms with Crippen LogP contribution in [0.25, 0.3) is 0 Å². The number of halogens is 3. The van der Waals surface area contributed by atoms with Gasteiger partial charge in [0.25, 0.3) is 5.91 Å². The zero-order valence-corrected chi connectivity index (χ0v) is 13.5. The maximum atomic E-state index is 12.9. The average molecular weight is 348 g/mol. The first kappa shape index (κ1) is 17.5. The van der Waals surface area contributed by atoms with Gasteiger partial charge >= 0.3 is 6.18 Å². The van der Waals surface area contributed by atoms with Crippen LogP contribution in [-0.2, 0) is 12.7 Å². The maximum absolute atomic E-state index is 12.9. The molecule has 0 bridgehead atoms. The van der Waals surface area contributed by atoms with Gasteiger partial charge in [-0.1, -0.05) is 24.3 Å². The zero-order valence-electron chi connectivity index (χ0n) is 13.5. The van der Waals surface area contributed by atoms with E-state index >= 15 is 0 Å². The van der Waals surface area contributed by atoms with Crippen LogP contribution in [0.5, 0.6) is 0 Å². The van der Waals surface area contributed by atoms with E-state index in [1.54, 1.807) is 30.3 Å². The molecule has 132 valence electrons. The summed E-state index contributed by atoms with van der Waals surface area (Å²) in [5.41, 5.74) is 6.71. The lowest BCUT2D eigenvalue weighted by atomic mass is 9.99. The van der Waals surface area contributed by atoms with Crippen LogP contribution in [0.4, 0.5) is 13.2 Å². The first-order valence-electron chi connectivity index (χ1n) is 8.15. The van der Waals surface area contributed by atoms with Crippen molar-refractivity contribution in [2.45, 2.75) is 31.6 Å². The molecule has 2 aromatic carbocycles. The summed E-state index contributed by atoms with van der Waals surface area (Å²) in [6.45, 7) is 0.386. The van der Waals surface area contributed by atoms with Crippen molar-refractivity contribution < 1.29 is 18.0 Å². The number of hydrogen-bond acceptors (Lipinski definition) is 2. The molecule has 3 rings (SSSR count). The van der Waals surface area contributed by atoms with Crippen LogP contribution in [0, 0.1) is 5.92 Å². The number of carbonyl (C=O) groups is 1. The lowest BCUT2D eigenvalue weighted by molar-refractivity contribution is -0.137. The van der Waals surface area contributed by atoms with Gasteiger partial charge < -0.3 is 11.1 Å². The van der Waals surface area contributed by atoms with Gasteiger partial charge in [0.2, 0.25) is 0 Å². The summed E-state index contributed by atoms with van der Waals surface area (Å²) in [7, 11) is 0. The van der Waals surface area contributed by atoms with E-state index in [9.17, 15) is 18.0 Å². The van der Waals surface area contributed by atoms with Crippen molar-refractivity contribution in [2.24, 2.45) is 11.7 Å². The van der Waals surface area contributed by atoms with E-state index in [-0.39, 0.29) is 11.8 Å². The number of benzene rings is 2. The standard InChI is InChI=1S/C19H19F3N2O/c20-19(21,22)16-3-1-2-15(10-16)17(13-8-9-13)24-18(25)14-6-4-12(11-23)5-7-14/h1-7,10,13,17H,8-9,11,23H2,(H,24,25). The molecule has 2 aromatic rings. The fourth-order valence-electron chi connectivity index (χ4n) is 2.83. The molecule has 3 N–H and O–H groups in total. The fraction of sp³-hybridized carbons (Fsp3) is 0.316. The highest BCUT2D eigenvalue weighted by Crippen LogP contribution is 2.42. The highest BCUT2D eigenvalue weighted by atomic mass is 19.4. The van der Waals surface area contributed by atoms with E-state index in [1.165, 1.54) is 6.07 Å². The number of rotatable bonds is 5. The van der Waals surface area contributed by atoms with Crippen molar-refractivity contribution >= 4 is 5.91 Å². The summed E-state index contributed by atoms with van der Waals surface area (Å²) < 4.78 is 38.8. The van der Waals surface area contributed by atoms with Crippen molar-refractivity contribution in [1.82, 2.24) is 5.32 Å². The Bertz CT molecular complexity index is 752. The van der Waals surface area contributed by atoms with Gasteiger partial charge in [-0.15, -0.1) is 0 Å². The number of alkyl halides is 3. The van der Waals surface area contributed by atoms with Gasteiger partial charge in [-0.2, -0.15) is 13.2 Å². The Morgan fingerprint density at radius 3 is 2.40 bits per heavy atom. The van der Waals surface area contributed by atoms with E-state index in [2.05, 4.69) is 5.32 Å². The Morgan fingerprint density at radius 2 is 1.84 bits per heavy atom. The molecule has 1 saturated carbocycles. The molecule has 1 fully saturated rings. The van der Waals surface area contributed by atoms with Crippen molar-refractivity contribution in [3.8, 4) is 0 Å². The molecule has 0 aliphatic heterocycles. The Balaban J connectivity index is 1.81. The van der Waals surface area contributed by atoms with Gasteiger partial charge in [-0.25, -0.2) is 0 Å². The molecule has 0 heterocycles. The minimum atomic E-state index is -4.40. The molecule has 1 unspecified atom stereocenters. The van der Waals surface area contributed by atoms with E-state index in [4.69, 9.17) is 5.73 Å². The molecule has 6 heteroatoms. The van der Waals surface area contributed by atoms with Crippen LogP contribution < -0.4 is 11.1 Å². The smallest absolute Gasteiger partial charge is 0.345 e.